The first-order chi connectivity index (χ1) is 12.3. The van der Waals surface area contributed by atoms with E-state index in [4.69, 9.17) is 4.74 Å². The first-order valence-electron chi connectivity index (χ1n) is 8.21. The fourth-order valence-electron chi connectivity index (χ4n) is 2.59. The van der Waals surface area contributed by atoms with Crippen LogP contribution in [0.1, 0.15) is 24.1 Å². The summed E-state index contributed by atoms with van der Waals surface area (Å²) in [6.07, 6.45) is 0. The highest BCUT2D eigenvalue weighted by Gasteiger charge is 2.24. The van der Waals surface area contributed by atoms with Crippen LogP contribution in [0.3, 0.4) is 0 Å². The van der Waals surface area contributed by atoms with E-state index in [-0.39, 0.29) is 23.4 Å². The molecule has 0 heterocycles. The molecule has 0 spiro atoms. The molecule has 2 aromatic carbocycles. The highest BCUT2D eigenvalue weighted by molar-refractivity contribution is 7.89. The van der Waals surface area contributed by atoms with Gasteiger partial charge in [-0.15, -0.1) is 0 Å². The molecule has 0 unspecified atom stereocenters. The summed E-state index contributed by atoms with van der Waals surface area (Å²) in [5.74, 6) is 0.249. The van der Waals surface area contributed by atoms with E-state index in [9.17, 15) is 13.2 Å². The smallest absolute Gasteiger partial charge is 0.243 e. The van der Waals surface area contributed by atoms with Gasteiger partial charge in [-0.05, 0) is 43.2 Å². The van der Waals surface area contributed by atoms with E-state index < -0.39 is 10.0 Å². The highest BCUT2D eigenvalue weighted by Crippen LogP contribution is 2.23. The molecule has 2 rings (SSSR count). The highest BCUT2D eigenvalue weighted by atomic mass is 32.2. The van der Waals surface area contributed by atoms with Crippen LogP contribution < -0.4 is 10.1 Å². The van der Waals surface area contributed by atoms with Crippen molar-refractivity contribution >= 4 is 15.9 Å². The maximum Gasteiger partial charge on any atom is 0.243 e. The van der Waals surface area contributed by atoms with Gasteiger partial charge in [0, 0.05) is 7.05 Å². The van der Waals surface area contributed by atoms with Gasteiger partial charge in [0.1, 0.15) is 5.75 Å². The van der Waals surface area contributed by atoms with Crippen LogP contribution in [-0.2, 0) is 14.8 Å². The molecule has 7 heteroatoms. The average molecular weight is 376 g/mol. The normalized spacial score (nSPS) is 12.7. The van der Waals surface area contributed by atoms with E-state index in [2.05, 4.69) is 5.32 Å². The zero-order valence-corrected chi connectivity index (χ0v) is 16.2. The van der Waals surface area contributed by atoms with Crippen molar-refractivity contribution < 1.29 is 17.9 Å². The molecular formula is C19H24N2O4S. The summed E-state index contributed by atoms with van der Waals surface area (Å²) in [4.78, 5) is 12.4. The number of nitrogens with zero attached hydrogens (tertiary/aromatic N) is 1. The molecule has 0 fully saturated rings. The second-order valence-corrected chi connectivity index (χ2v) is 8.14. The number of sulfonamides is 1. The molecule has 0 aliphatic heterocycles. The molecule has 0 bridgehead atoms. The van der Waals surface area contributed by atoms with Crippen LogP contribution in [0.15, 0.2) is 53.4 Å². The maximum absolute atomic E-state index is 12.7. The molecule has 0 radical (unpaired) electrons. The van der Waals surface area contributed by atoms with Gasteiger partial charge < -0.3 is 10.1 Å². The van der Waals surface area contributed by atoms with E-state index in [1.54, 1.807) is 13.0 Å². The predicted octanol–water partition coefficient (Wildman–Crippen LogP) is 2.50. The third-order valence-corrected chi connectivity index (χ3v) is 5.92. The fourth-order valence-corrected chi connectivity index (χ4v) is 3.80. The number of carbonyl (C=O) groups is 1. The van der Waals surface area contributed by atoms with Gasteiger partial charge in [0.15, 0.2) is 0 Å². The van der Waals surface area contributed by atoms with Gasteiger partial charge in [-0.1, -0.05) is 30.3 Å². The summed E-state index contributed by atoms with van der Waals surface area (Å²) in [5, 5.41) is 2.82. The average Bonchev–Trinajstić information content (AvgIpc) is 2.62. The number of hydrogen-bond donors (Lipinski definition) is 1. The molecule has 1 amide bonds. The minimum atomic E-state index is -3.77. The minimum absolute atomic E-state index is 0.127. The van der Waals surface area contributed by atoms with Crippen LogP contribution >= 0.6 is 0 Å². The van der Waals surface area contributed by atoms with Crippen LogP contribution in [0.2, 0.25) is 0 Å². The van der Waals surface area contributed by atoms with E-state index in [0.29, 0.717) is 11.3 Å². The number of likely N-dealkylation sites (N-methyl/N-ethyl adjacent to an activating group) is 1. The lowest BCUT2D eigenvalue weighted by atomic mass is 10.1. The first kappa shape index (κ1) is 19.9. The second-order valence-electron chi connectivity index (χ2n) is 6.09. The van der Waals surface area contributed by atoms with Crippen LogP contribution in [0.25, 0.3) is 0 Å². The van der Waals surface area contributed by atoms with Gasteiger partial charge in [-0.3, -0.25) is 4.79 Å². The monoisotopic (exact) mass is 376 g/mol. The SMILES string of the molecule is COc1ccc(S(=O)(=O)N(C)CC(=O)N[C@@H](C)c2ccccc2)cc1C. The third-order valence-electron chi connectivity index (χ3n) is 4.12. The lowest BCUT2D eigenvalue weighted by molar-refractivity contribution is -0.121. The Bertz CT molecular complexity index is 866. The third kappa shape index (κ3) is 4.62. The number of aryl methyl sites for hydroxylation is 1. The van der Waals surface area contributed by atoms with Gasteiger partial charge >= 0.3 is 0 Å². The van der Waals surface area contributed by atoms with Crippen LogP contribution in [0.4, 0.5) is 0 Å². The number of rotatable bonds is 7. The zero-order chi connectivity index (χ0) is 19.3. The predicted molar refractivity (Wildman–Crippen MR) is 101 cm³/mol. The molecule has 0 saturated heterocycles. The molecule has 0 aromatic heterocycles. The Morgan fingerprint density at radius 2 is 1.85 bits per heavy atom. The fraction of sp³-hybridized carbons (Fsp3) is 0.316. The Hall–Kier alpha value is -2.38. The lowest BCUT2D eigenvalue weighted by Crippen LogP contribution is -2.39. The zero-order valence-electron chi connectivity index (χ0n) is 15.4. The van der Waals surface area contributed by atoms with E-state index in [0.717, 1.165) is 9.87 Å². The molecule has 6 nitrogen and oxygen atoms in total. The van der Waals surface area contributed by atoms with Crippen molar-refractivity contribution in [3.63, 3.8) is 0 Å². The summed E-state index contributed by atoms with van der Waals surface area (Å²) < 4.78 is 31.6. The number of amides is 1. The van der Waals surface area contributed by atoms with Crippen molar-refractivity contribution in [3.05, 3.63) is 59.7 Å². The number of hydrogen-bond acceptors (Lipinski definition) is 4. The largest absolute Gasteiger partial charge is 0.496 e. The van der Waals surface area contributed by atoms with Crippen LogP contribution in [0, 0.1) is 6.92 Å². The first-order valence-corrected chi connectivity index (χ1v) is 9.65. The topological polar surface area (TPSA) is 75.7 Å². The maximum atomic E-state index is 12.7. The Kier molecular flexibility index (Phi) is 6.39. The Labute approximate surface area is 154 Å². The molecule has 140 valence electrons. The van der Waals surface area contributed by atoms with Gasteiger partial charge in [0.05, 0.1) is 24.6 Å². The molecule has 1 atom stereocenters. The van der Waals surface area contributed by atoms with E-state index in [1.807, 2.05) is 37.3 Å². The Morgan fingerprint density at radius 1 is 1.19 bits per heavy atom. The summed E-state index contributed by atoms with van der Waals surface area (Å²) in [6, 6.07) is 13.9. The number of benzene rings is 2. The number of nitrogens with one attached hydrogen (secondary N) is 1. The second kappa shape index (κ2) is 8.33. The van der Waals surface area contributed by atoms with Gasteiger partial charge in [0.2, 0.25) is 15.9 Å². The number of ether oxygens (including phenoxy) is 1. The van der Waals surface area contributed by atoms with Crippen LogP contribution in [-0.4, -0.2) is 39.3 Å². The molecule has 1 N–H and O–H groups in total. The Balaban J connectivity index is 2.06. The van der Waals surface area contributed by atoms with Crippen molar-refractivity contribution in [2.24, 2.45) is 0 Å². The van der Waals surface area contributed by atoms with Crippen molar-refractivity contribution in [1.82, 2.24) is 9.62 Å². The molecule has 2 aromatic rings. The molecule has 26 heavy (non-hydrogen) atoms. The minimum Gasteiger partial charge on any atom is -0.496 e. The van der Waals surface area contributed by atoms with Gasteiger partial charge in [0.25, 0.3) is 0 Å². The lowest BCUT2D eigenvalue weighted by Gasteiger charge is -2.20. The van der Waals surface area contributed by atoms with Crippen molar-refractivity contribution in [2.45, 2.75) is 24.8 Å². The van der Waals surface area contributed by atoms with Crippen LogP contribution in [0.5, 0.6) is 5.75 Å². The van der Waals surface area contributed by atoms with E-state index >= 15 is 0 Å². The summed E-state index contributed by atoms with van der Waals surface area (Å²) in [5.41, 5.74) is 1.67. The van der Waals surface area contributed by atoms with Crippen molar-refractivity contribution in [1.29, 1.82) is 0 Å². The molecule has 0 aliphatic rings. The molecule has 0 saturated carbocycles. The van der Waals surface area contributed by atoms with E-state index in [1.165, 1.54) is 26.3 Å². The number of methoxy groups -OCH3 is 1. The summed E-state index contributed by atoms with van der Waals surface area (Å²) >= 11 is 0. The Morgan fingerprint density at radius 3 is 2.42 bits per heavy atom. The van der Waals surface area contributed by atoms with Crippen molar-refractivity contribution in [3.8, 4) is 5.75 Å². The number of carbonyl (C=O) groups excluding carboxylic acids is 1. The molecular weight excluding hydrogens is 352 g/mol. The van der Waals surface area contributed by atoms with Gasteiger partial charge in [-0.2, -0.15) is 4.31 Å². The van der Waals surface area contributed by atoms with Gasteiger partial charge in [-0.25, -0.2) is 8.42 Å². The quantitative estimate of drug-likeness (QED) is 0.806. The summed E-state index contributed by atoms with van der Waals surface area (Å²) in [7, 11) is -0.846. The summed E-state index contributed by atoms with van der Waals surface area (Å²) in [6.45, 7) is 3.37. The van der Waals surface area contributed by atoms with Crippen molar-refractivity contribution in [2.75, 3.05) is 20.7 Å². The standard InChI is InChI=1S/C19H24N2O4S/c1-14-12-17(10-11-18(14)25-4)26(23,24)21(3)13-19(22)20-15(2)16-8-6-5-7-9-16/h5-12,15H,13H2,1-4H3,(H,20,22)/t15-/m0/s1. The molecule has 0 aliphatic carbocycles.